The van der Waals surface area contributed by atoms with Gasteiger partial charge in [0.15, 0.2) is 0 Å². The number of rotatable bonds is 5. The zero-order chi connectivity index (χ0) is 20.8. The molecule has 0 saturated carbocycles. The molecule has 1 aromatic carbocycles. The number of thioether (sulfide) groups is 1. The predicted molar refractivity (Wildman–Crippen MR) is 122 cm³/mol. The van der Waals surface area contributed by atoms with E-state index in [1.807, 2.05) is 18.3 Å². The molecule has 0 radical (unpaired) electrons. The van der Waals surface area contributed by atoms with Gasteiger partial charge in [0.25, 0.3) is 0 Å². The summed E-state index contributed by atoms with van der Waals surface area (Å²) in [5, 5.41) is 9.85. The number of hydrogen-bond donors (Lipinski definition) is 2. The second-order valence-electron chi connectivity index (χ2n) is 7.17. The third-order valence-corrected chi connectivity index (χ3v) is 6.73. The second-order valence-corrected chi connectivity index (χ2v) is 9.29. The standard InChI is InChI=1S/C20H26N6O2S2/c21-30(27)17-5-1-4-16(11-17)24-20-23-12-15-3-2-6-22-19(29-14-18(15)25-20)13-26-7-9-28-10-8-26/h1,4-5,11-12H,2-3,6-10,13-14,21H2,(H,23,24,25). The molecule has 2 aliphatic heterocycles. The molecule has 160 valence electrons. The molecular formula is C20H26N6O2S2. The Morgan fingerprint density at radius 2 is 2.17 bits per heavy atom. The SMILES string of the molecule is NS(=O)c1cccc(Nc2ncc3c(n2)CSC(CN2CCOCC2)=NCCC3)c1. The van der Waals surface area contributed by atoms with E-state index in [2.05, 4.69) is 15.2 Å². The first-order chi connectivity index (χ1) is 14.7. The van der Waals surface area contributed by atoms with Crippen LogP contribution in [0.15, 0.2) is 40.4 Å². The van der Waals surface area contributed by atoms with E-state index < -0.39 is 11.0 Å². The lowest BCUT2D eigenvalue weighted by molar-refractivity contribution is 0.0455. The molecule has 1 atom stereocenters. The topological polar surface area (TPSA) is 106 Å². The van der Waals surface area contributed by atoms with E-state index in [0.29, 0.717) is 10.8 Å². The highest BCUT2D eigenvalue weighted by atomic mass is 32.2. The van der Waals surface area contributed by atoms with Crippen LogP contribution in [0, 0.1) is 0 Å². The van der Waals surface area contributed by atoms with Gasteiger partial charge in [-0.3, -0.25) is 9.89 Å². The summed E-state index contributed by atoms with van der Waals surface area (Å²) in [5.74, 6) is 1.29. The average molecular weight is 447 g/mol. The Bertz CT molecular complexity index is 933. The van der Waals surface area contributed by atoms with E-state index in [1.54, 1.807) is 23.9 Å². The molecule has 3 heterocycles. The molecule has 1 saturated heterocycles. The Labute approximate surface area is 183 Å². The van der Waals surface area contributed by atoms with Gasteiger partial charge >= 0.3 is 0 Å². The number of aromatic nitrogens is 2. The maximum Gasteiger partial charge on any atom is 0.227 e. The van der Waals surface area contributed by atoms with Crippen LogP contribution in [0.4, 0.5) is 11.6 Å². The number of aryl methyl sites for hydroxylation is 1. The van der Waals surface area contributed by atoms with Gasteiger partial charge in [0.2, 0.25) is 5.95 Å². The van der Waals surface area contributed by atoms with Gasteiger partial charge in [-0.1, -0.05) is 6.07 Å². The van der Waals surface area contributed by atoms with E-state index >= 15 is 0 Å². The molecule has 30 heavy (non-hydrogen) atoms. The summed E-state index contributed by atoms with van der Waals surface area (Å²) in [7, 11) is -1.52. The van der Waals surface area contributed by atoms with Gasteiger partial charge in [-0.2, -0.15) is 0 Å². The highest BCUT2D eigenvalue weighted by molar-refractivity contribution is 8.13. The molecule has 4 rings (SSSR count). The normalized spacial score (nSPS) is 19.0. The second kappa shape index (κ2) is 10.5. The highest BCUT2D eigenvalue weighted by Crippen LogP contribution is 2.23. The van der Waals surface area contributed by atoms with Gasteiger partial charge in [0.1, 0.15) is 11.0 Å². The van der Waals surface area contributed by atoms with Crippen molar-refractivity contribution in [1.29, 1.82) is 0 Å². The first-order valence-electron chi connectivity index (χ1n) is 10.0. The predicted octanol–water partition coefficient (Wildman–Crippen LogP) is 2.11. The Morgan fingerprint density at radius 1 is 1.30 bits per heavy atom. The van der Waals surface area contributed by atoms with Crippen molar-refractivity contribution in [3.63, 3.8) is 0 Å². The fourth-order valence-electron chi connectivity index (χ4n) is 3.38. The summed E-state index contributed by atoms with van der Waals surface area (Å²) in [4.78, 5) is 17.0. The summed E-state index contributed by atoms with van der Waals surface area (Å²) >= 11 is 1.76. The zero-order valence-electron chi connectivity index (χ0n) is 16.7. The van der Waals surface area contributed by atoms with Crippen molar-refractivity contribution in [2.75, 3.05) is 44.7 Å². The first kappa shape index (κ1) is 21.4. The van der Waals surface area contributed by atoms with Crippen molar-refractivity contribution in [2.45, 2.75) is 23.5 Å². The lowest BCUT2D eigenvalue weighted by Gasteiger charge is -2.26. The highest BCUT2D eigenvalue weighted by Gasteiger charge is 2.16. The van der Waals surface area contributed by atoms with Crippen molar-refractivity contribution in [3.8, 4) is 0 Å². The van der Waals surface area contributed by atoms with E-state index in [0.717, 1.165) is 74.4 Å². The smallest absolute Gasteiger partial charge is 0.227 e. The van der Waals surface area contributed by atoms with Crippen LogP contribution in [0.3, 0.4) is 0 Å². The summed E-state index contributed by atoms with van der Waals surface area (Å²) in [5.41, 5.74) is 2.97. The third-order valence-electron chi connectivity index (χ3n) is 5.01. The molecule has 3 N–H and O–H groups in total. The molecule has 1 aromatic heterocycles. The average Bonchev–Trinajstić information content (AvgIpc) is 2.85. The van der Waals surface area contributed by atoms with Gasteiger partial charge in [-0.15, -0.1) is 11.8 Å². The van der Waals surface area contributed by atoms with Crippen molar-refractivity contribution in [3.05, 3.63) is 41.7 Å². The molecule has 2 aromatic rings. The van der Waals surface area contributed by atoms with Crippen LogP contribution in [-0.2, 0) is 27.9 Å². The molecule has 0 amide bonds. The van der Waals surface area contributed by atoms with E-state index in [-0.39, 0.29) is 0 Å². The number of hydrogen-bond acceptors (Lipinski definition) is 8. The van der Waals surface area contributed by atoms with Crippen molar-refractivity contribution >= 4 is 39.4 Å². The summed E-state index contributed by atoms with van der Waals surface area (Å²) < 4.78 is 17.0. The number of anilines is 2. The third kappa shape index (κ3) is 5.86. The van der Waals surface area contributed by atoms with E-state index in [1.165, 1.54) is 5.56 Å². The summed E-state index contributed by atoms with van der Waals surface area (Å²) in [6, 6.07) is 7.18. The van der Waals surface area contributed by atoms with Gasteiger partial charge in [-0.05, 0) is 36.6 Å². The zero-order valence-corrected chi connectivity index (χ0v) is 18.4. The molecular weight excluding hydrogens is 420 g/mol. The molecule has 1 unspecified atom stereocenters. The fourth-order valence-corrected chi connectivity index (χ4v) is 4.85. The maximum atomic E-state index is 11.5. The quantitative estimate of drug-likeness (QED) is 0.725. The largest absolute Gasteiger partial charge is 0.379 e. The Morgan fingerprint density at radius 3 is 3.00 bits per heavy atom. The molecule has 0 spiro atoms. The minimum Gasteiger partial charge on any atom is -0.379 e. The van der Waals surface area contributed by atoms with Crippen LogP contribution in [-0.4, -0.2) is 63.5 Å². The molecule has 0 aliphatic carbocycles. The monoisotopic (exact) mass is 446 g/mol. The number of nitrogens with one attached hydrogen (secondary N) is 1. The molecule has 2 aliphatic rings. The number of benzene rings is 1. The van der Waals surface area contributed by atoms with Gasteiger partial charge in [-0.25, -0.2) is 19.3 Å². The number of nitrogens with two attached hydrogens (primary N) is 1. The van der Waals surface area contributed by atoms with Crippen molar-refractivity contribution < 1.29 is 8.95 Å². The molecule has 1 fully saturated rings. The van der Waals surface area contributed by atoms with Crippen LogP contribution in [0.5, 0.6) is 0 Å². The van der Waals surface area contributed by atoms with Crippen LogP contribution >= 0.6 is 11.8 Å². The number of nitrogens with zero attached hydrogens (tertiary/aromatic N) is 4. The minimum absolute atomic E-state index is 0.528. The van der Waals surface area contributed by atoms with E-state index in [9.17, 15) is 4.21 Å². The molecule has 10 heteroatoms. The lowest BCUT2D eigenvalue weighted by Crippen LogP contribution is -2.39. The summed E-state index contributed by atoms with van der Waals surface area (Å²) in [6.07, 6.45) is 3.82. The molecule has 0 bridgehead atoms. The van der Waals surface area contributed by atoms with Gasteiger partial charge in [0, 0.05) is 43.8 Å². The number of ether oxygens (including phenoxy) is 1. The minimum atomic E-state index is -1.52. The Kier molecular flexibility index (Phi) is 7.45. The number of fused-ring (bicyclic) bond motifs is 1. The number of aliphatic imine (C=N–C) groups is 1. The van der Waals surface area contributed by atoms with Crippen LogP contribution in [0.25, 0.3) is 0 Å². The fraction of sp³-hybridized carbons (Fsp3) is 0.450. The van der Waals surface area contributed by atoms with Crippen LogP contribution in [0.2, 0.25) is 0 Å². The van der Waals surface area contributed by atoms with Crippen molar-refractivity contribution in [2.24, 2.45) is 10.1 Å². The van der Waals surface area contributed by atoms with E-state index in [4.69, 9.17) is 19.9 Å². The first-order valence-corrected chi connectivity index (χ1v) is 12.2. The van der Waals surface area contributed by atoms with Crippen LogP contribution < -0.4 is 10.5 Å². The lowest BCUT2D eigenvalue weighted by atomic mass is 10.1. The summed E-state index contributed by atoms with van der Waals surface area (Å²) in [6.45, 7) is 5.21. The van der Waals surface area contributed by atoms with Crippen LogP contribution in [0.1, 0.15) is 17.7 Å². The number of morpholine rings is 1. The maximum absolute atomic E-state index is 11.5. The Balaban J connectivity index is 1.46. The molecule has 8 nitrogen and oxygen atoms in total. The van der Waals surface area contributed by atoms with Gasteiger partial charge < -0.3 is 10.1 Å². The van der Waals surface area contributed by atoms with Gasteiger partial charge in [0.05, 0.1) is 28.8 Å². The Hall–Kier alpha value is -1.85. The van der Waals surface area contributed by atoms with Crippen molar-refractivity contribution in [1.82, 2.24) is 14.9 Å².